The second kappa shape index (κ2) is 5.72. The van der Waals surface area contributed by atoms with Gasteiger partial charge < -0.3 is 5.73 Å². The Morgan fingerprint density at radius 2 is 1.71 bits per heavy atom. The molecule has 0 aliphatic carbocycles. The number of alkyl halides is 3. The first kappa shape index (κ1) is 15.3. The van der Waals surface area contributed by atoms with E-state index in [1.165, 1.54) is 24.3 Å². The van der Waals surface area contributed by atoms with E-state index in [4.69, 9.17) is 11.1 Å². The molecule has 1 aromatic carbocycles. The van der Waals surface area contributed by atoms with Crippen molar-refractivity contribution in [3.8, 4) is 0 Å². The van der Waals surface area contributed by atoms with Crippen LogP contribution in [0.15, 0.2) is 46.3 Å². The molecule has 2 aromatic rings. The number of nitrogens with one attached hydrogen (secondary N) is 1. The maximum absolute atomic E-state index is 12.8. The highest BCUT2D eigenvalue weighted by molar-refractivity contribution is 7.99. The van der Waals surface area contributed by atoms with Gasteiger partial charge in [0.15, 0.2) is 0 Å². The molecule has 0 fully saturated rings. The van der Waals surface area contributed by atoms with Gasteiger partial charge in [-0.1, -0.05) is 11.8 Å². The molecular formula is C13H9F4N3S. The summed E-state index contributed by atoms with van der Waals surface area (Å²) in [6.07, 6.45) is -4.59. The van der Waals surface area contributed by atoms with Crippen molar-refractivity contribution >= 4 is 17.6 Å². The highest BCUT2D eigenvalue weighted by Crippen LogP contribution is 2.33. The zero-order valence-electron chi connectivity index (χ0n) is 10.4. The first-order valence-electron chi connectivity index (χ1n) is 5.63. The fourth-order valence-electron chi connectivity index (χ4n) is 1.50. The van der Waals surface area contributed by atoms with Gasteiger partial charge in [0.1, 0.15) is 22.4 Å². The molecule has 0 spiro atoms. The first-order valence-corrected chi connectivity index (χ1v) is 6.45. The normalized spacial score (nSPS) is 11.4. The number of pyridine rings is 1. The predicted molar refractivity (Wildman–Crippen MR) is 70.8 cm³/mol. The quantitative estimate of drug-likeness (QED) is 0.516. The maximum atomic E-state index is 12.8. The van der Waals surface area contributed by atoms with Crippen LogP contribution in [0.25, 0.3) is 0 Å². The summed E-state index contributed by atoms with van der Waals surface area (Å²) in [6, 6.07) is 7.06. The van der Waals surface area contributed by atoms with Gasteiger partial charge in [0.05, 0.1) is 0 Å². The Bertz CT molecular complexity index is 668. The largest absolute Gasteiger partial charge is 0.433 e. The average Bonchev–Trinajstić information content (AvgIpc) is 2.40. The van der Waals surface area contributed by atoms with Gasteiger partial charge in [-0.15, -0.1) is 0 Å². The summed E-state index contributed by atoms with van der Waals surface area (Å²) < 4.78 is 50.9. The molecule has 1 heterocycles. The van der Waals surface area contributed by atoms with Gasteiger partial charge in [-0.05, 0) is 36.4 Å². The van der Waals surface area contributed by atoms with Gasteiger partial charge in [-0.3, -0.25) is 5.41 Å². The number of halogens is 4. The highest BCUT2D eigenvalue weighted by atomic mass is 32.2. The van der Waals surface area contributed by atoms with Crippen LogP contribution in [0.4, 0.5) is 17.6 Å². The molecule has 0 aliphatic rings. The van der Waals surface area contributed by atoms with Crippen molar-refractivity contribution < 1.29 is 17.6 Å². The molecule has 0 radical (unpaired) electrons. The number of nitrogens with zero attached hydrogens (tertiary/aromatic N) is 1. The van der Waals surface area contributed by atoms with Crippen molar-refractivity contribution in [1.82, 2.24) is 4.98 Å². The maximum Gasteiger partial charge on any atom is 0.433 e. The molecule has 0 amide bonds. The third-order valence-electron chi connectivity index (χ3n) is 2.47. The number of benzene rings is 1. The zero-order valence-corrected chi connectivity index (χ0v) is 11.2. The van der Waals surface area contributed by atoms with E-state index in [1.54, 1.807) is 0 Å². The van der Waals surface area contributed by atoms with Crippen LogP contribution in [-0.4, -0.2) is 10.8 Å². The number of hydrogen-bond acceptors (Lipinski definition) is 3. The highest BCUT2D eigenvalue weighted by Gasteiger charge is 2.33. The monoisotopic (exact) mass is 315 g/mol. The van der Waals surface area contributed by atoms with Gasteiger partial charge in [-0.2, -0.15) is 13.2 Å². The summed E-state index contributed by atoms with van der Waals surface area (Å²) in [4.78, 5) is 4.00. The van der Waals surface area contributed by atoms with Gasteiger partial charge in [0.2, 0.25) is 0 Å². The lowest BCUT2D eigenvalue weighted by atomic mass is 10.2. The average molecular weight is 315 g/mol. The van der Waals surface area contributed by atoms with Crippen LogP contribution in [0.1, 0.15) is 11.3 Å². The van der Waals surface area contributed by atoms with Crippen molar-refractivity contribution in [2.45, 2.75) is 16.1 Å². The van der Waals surface area contributed by atoms with Crippen LogP contribution in [0.3, 0.4) is 0 Å². The fraction of sp³-hybridized carbons (Fsp3) is 0.0769. The number of amidine groups is 1. The molecule has 0 saturated carbocycles. The molecule has 0 aliphatic heterocycles. The summed E-state index contributed by atoms with van der Waals surface area (Å²) in [5.74, 6) is -0.844. The number of nitrogens with two attached hydrogens (primary N) is 1. The van der Waals surface area contributed by atoms with Crippen LogP contribution in [0, 0.1) is 11.2 Å². The third-order valence-corrected chi connectivity index (χ3v) is 3.48. The van der Waals surface area contributed by atoms with Crippen molar-refractivity contribution in [2.75, 3.05) is 0 Å². The van der Waals surface area contributed by atoms with Crippen LogP contribution in [0.2, 0.25) is 0 Å². The second-order valence-electron chi connectivity index (χ2n) is 4.02. The Balaban J connectivity index is 2.43. The minimum Gasteiger partial charge on any atom is -0.384 e. The molecule has 110 valence electrons. The Labute approximate surface area is 121 Å². The molecule has 2 rings (SSSR count). The fourth-order valence-corrected chi connectivity index (χ4v) is 2.42. The van der Waals surface area contributed by atoms with Crippen molar-refractivity contribution in [2.24, 2.45) is 5.73 Å². The van der Waals surface area contributed by atoms with E-state index >= 15 is 0 Å². The minimum absolute atomic E-state index is 0.0519. The summed E-state index contributed by atoms with van der Waals surface area (Å²) in [7, 11) is 0. The zero-order chi connectivity index (χ0) is 15.6. The van der Waals surface area contributed by atoms with Crippen LogP contribution in [0.5, 0.6) is 0 Å². The van der Waals surface area contributed by atoms with E-state index in [0.717, 1.165) is 23.9 Å². The smallest absolute Gasteiger partial charge is 0.384 e. The molecule has 8 heteroatoms. The molecule has 21 heavy (non-hydrogen) atoms. The first-order chi connectivity index (χ1) is 9.77. The topological polar surface area (TPSA) is 62.8 Å². The van der Waals surface area contributed by atoms with Gasteiger partial charge in [0, 0.05) is 10.5 Å². The number of hydrogen-bond donors (Lipinski definition) is 2. The van der Waals surface area contributed by atoms with E-state index in [2.05, 4.69) is 4.98 Å². The molecule has 0 bridgehead atoms. The van der Waals surface area contributed by atoms with Crippen LogP contribution < -0.4 is 5.73 Å². The van der Waals surface area contributed by atoms with E-state index in [-0.39, 0.29) is 16.4 Å². The number of rotatable bonds is 3. The molecule has 0 unspecified atom stereocenters. The SMILES string of the molecule is N=C(N)c1ccc(C(F)(F)F)nc1Sc1ccc(F)cc1. The van der Waals surface area contributed by atoms with Crippen molar-refractivity contribution in [1.29, 1.82) is 5.41 Å². The van der Waals surface area contributed by atoms with E-state index in [1.807, 2.05) is 0 Å². The third kappa shape index (κ3) is 3.72. The van der Waals surface area contributed by atoms with Gasteiger partial charge in [-0.25, -0.2) is 9.37 Å². The Morgan fingerprint density at radius 3 is 2.24 bits per heavy atom. The van der Waals surface area contributed by atoms with Crippen LogP contribution >= 0.6 is 11.8 Å². The molecule has 0 atom stereocenters. The van der Waals surface area contributed by atoms with Crippen LogP contribution in [-0.2, 0) is 6.18 Å². The summed E-state index contributed by atoms with van der Waals surface area (Å²) in [5, 5.41) is 7.33. The minimum atomic E-state index is -4.59. The molecular weight excluding hydrogens is 306 g/mol. The number of aromatic nitrogens is 1. The van der Waals surface area contributed by atoms with Crippen molar-refractivity contribution in [3.63, 3.8) is 0 Å². The van der Waals surface area contributed by atoms with E-state index in [0.29, 0.717) is 4.90 Å². The van der Waals surface area contributed by atoms with E-state index < -0.39 is 17.7 Å². The number of nitrogen functional groups attached to an aromatic ring is 1. The molecule has 0 saturated heterocycles. The van der Waals surface area contributed by atoms with E-state index in [9.17, 15) is 17.6 Å². The molecule has 3 nitrogen and oxygen atoms in total. The predicted octanol–water partition coefficient (Wildman–Crippen LogP) is 3.67. The Kier molecular flexibility index (Phi) is 4.17. The Hall–Kier alpha value is -2.09. The van der Waals surface area contributed by atoms with Crippen molar-refractivity contribution in [3.05, 3.63) is 53.5 Å². The lowest BCUT2D eigenvalue weighted by Crippen LogP contribution is -2.16. The van der Waals surface area contributed by atoms with Gasteiger partial charge in [0.25, 0.3) is 0 Å². The van der Waals surface area contributed by atoms with Gasteiger partial charge >= 0.3 is 6.18 Å². The lowest BCUT2D eigenvalue weighted by Gasteiger charge is -2.11. The standard InChI is InChI=1S/C13H9F4N3S/c14-7-1-3-8(4-2-7)21-12-9(11(18)19)5-6-10(20-12)13(15,16)17/h1-6H,(H3,18,19). The summed E-state index contributed by atoms with van der Waals surface area (Å²) in [5.41, 5.74) is 4.36. The summed E-state index contributed by atoms with van der Waals surface area (Å²) in [6.45, 7) is 0. The summed E-state index contributed by atoms with van der Waals surface area (Å²) >= 11 is 0.883. The Morgan fingerprint density at radius 1 is 1.10 bits per heavy atom. The molecule has 3 N–H and O–H groups in total. The molecule has 1 aromatic heterocycles. The second-order valence-corrected chi connectivity index (χ2v) is 5.08. The lowest BCUT2D eigenvalue weighted by molar-refractivity contribution is -0.141.